The quantitative estimate of drug-likeness (QED) is 0.799. The summed E-state index contributed by atoms with van der Waals surface area (Å²) in [6, 6.07) is 5.34. The maximum Gasteiger partial charge on any atom is 0.166 e. The van der Waals surface area contributed by atoms with Crippen molar-refractivity contribution >= 4 is 29.0 Å². The first kappa shape index (κ1) is 12.6. The number of rotatable bonds is 1. The van der Waals surface area contributed by atoms with Gasteiger partial charge in [0, 0.05) is 18.2 Å². The van der Waals surface area contributed by atoms with Gasteiger partial charge in [-0.05, 0) is 25.0 Å². The lowest BCUT2D eigenvalue weighted by Crippen LogP contribution is -2.13. The van der Waals surface area contributed by atoms with Crippen molar-refractivity contribution in [3.8, 4) is 11.4 Å². The average Bonchev–Trinajstić information content (AvgIpc) is 2.42. The first-order chi connectivity index (χ1) is 9.16. The predicted molar refractivity (Wildman–Crippen MR) is 74.8 cm³/mol. The topological polar surface area (TPSA) is 42.9 Å². The Kier molecular flexibility index (Phi) is 3.25. The first-order valence-corrected chi connectivity index (χ1v) is 6.76. The molecule has 0 radical (unpaired) electrons. The smallest absolute Gasteiger partial charge is 0.166 e. The van der Waals surface area contributed by atoms with Crippen molar-refractivity contribution in [1.82, 2.24) is 9.97 Å². The highest BCUT2D eigenvalue weighted by molar-refractivity contribution is 6.43. The predicted octanol–water partition coefficient (Wildman–Crippen LogP) is 3.97. The third-order valence-electron chi connectivity index (χ3n) is 3.18. The van der Waals surface area contributed by atoms with E-state index in [1.807, 2.05) is 6.07 Å². The monoisotopic (exact) mass is 292 g/mol. The number of carbonyl (C=O) groups excluding carboxylic acids is 1. The molecule has 0 amide bonds. The molecule has 1 aromatic carbocycles. The molecule has 0 saturated heterocycles. The van der Waals surface area contributed by atoms with Gasteiger partial charge in [0.15, 0.2) is 11.6 Å². The van der Waals surface area contributed by atoms with Crippen LogP contribution >= 0.6 is 23.2 Å². The van der Waals surface area contributed by atoms with Gasteiger partial charge in [-0.3, -0.25) is 4.79 Å². The Bertz CT molecular complexity index is 670. The molecule has 1 aliphatic carbocycles. The van der Waals surface area contributed by atoms with Gasteiger partial charge in [0.05, 0.1) is 21.3 Å². The fraction of sp³-hybridized carbons (Fsp3) is 0.214. The molecule has 0 bridgehead atoms. The average molecular weight is 293 g/mol. The molecule has 1 heterocycles. The van der Waals surface area contributed by atoms with E-state index in [0.29, 0.717) is 33.4 Å². The Morgan fingerprint density at radius 3 is 2.79 bits per heavy atom. The van der Waals surface area contributed by atoms with Crippen molar-refractivity contribution in [1.29, 1.82) is 0 Å². The number of nitrogens with zero attached hydrogens (tertiary/aromatic N) is 2. The lowest BCUT2D eigenvalue weighted by Gasteiger charge is -2.14. The maximum absolute atomic E-state index is 11.7. The number of Topliss-reactive ketones (excluding diaryl/α,β-unsaturated/α-hetero) is 1. The summed E-state index contributed by atoms with van der Waals surface area (Å²) in [5.41, 5.74) is 2.13. The number of ketones is 1. The van der Waals surface area contributed by atoms with Crippen LogP contribution in [0.25, 0.3) is 11.4 Å². The highest BCUT2D eigenvalue weighted by Gasteiger charge is 2.20. The number of carbonyl (C=O) groups is 1. The Hall–Kier alpha value is -1.45. The number of fused-ring (bicyclic) bond motifs is 1. The molecule has 96 valence electrons. The minimum Gasteiger partial charge on any atom is -0.294 e. The third-order valence-corrected chi connectivity index (χ3v) is 4.00. The Balaban J connectivity index is 2.12. The van der Waals surface area contributed by atoms with Gasteiger partial charge in [0.1, 0.15) is 0 Å². The fourth-order valence-electron chi connectivity index (χ4n) is 2.20. The van der Waals surface area contributed by atoms with Gasteiger partial charge in [-0.1, -0.05) is 29.3 Å². The van der Waals surface area contributed by atoms with E-state index in [0.717, 1.165) is 18.5 Å². The lowest BCUT2D eigenvalue weighted by molar-refractivity contribution is 0.0971. The first-order valence-electron chi connectivity index (χ1n) is 6.00. The molecule has 3 rings (SSSR count). The van der Waals surface area contributed by atoms with Crippen LogP contribution < -0.4 is 0 Å². The lowest BCUT2D eigenvalue weighted by atomic mass is 9.96. The van der Waals surface area contributed by atoms with Crippen LogP contribution in [0.3, 0.4) is 0 Å². The largest absolute Gasteiger partial charge is 0.294 e. The SMILES string of the molecule is O=C1CCCc2nc(-c3cccc(Cl)c3Cl)ncc21. The summed E-state index contributed by atoms with van der Waals surface area (Å²) in [5.74, 6) is 0.631. The summed E-state index contributed by atoms with van der Waals surface area (Å²) >= 11 is 12.1. The Morgan fingerprint density at radius 1 is 1.11 bits per heavy atom. The molecule has 0 fully saturated rings. The number of hydrogen-bond donors (Lipinski definition) is 0. The second kappa shape index (κ2) is 4.91. The van der Waals surface area contributed by atoms with E-state index in [1.165, 1.54) is 0 Å². The van der Waals surface area contributed by atoms with Crippen LogP contribution in [0.15, 0.2) is 24.4 Å². The number of aromatic nitrogens is 2. The minimum absolute atomic E-state index is 0.116. The molecule has 1 aromatic heterocycles. The summed E-state index contributed by atoms with van der Waals surface area (Å²) < 4.78 is 0. The summed E-state index contributed by atoms with van der Waals surface area (Å²) in [6.07, 6.45) is 3.81. The normalized spacial score (nSPS) is 14.3. The van der Waals surface area contributed by atoms with Gasteiger partial charge >= 0.3 is 0 Å². The third kappa shape index (κ3) is 2.24. The Morgan fingerprint density at radius 2 is 1.95 bits per heavy atom. The molecular weight excluding hydrogens is 283 g/mol. The second-order valence-corrected chi connectivity index (χ2v) is 5.22. The van der Waals surface area contributed by atoms with Crippen molar-refractivity contribution < 1.29 is 4.79 Å². The zero-order chi connectivity index (χ0) is 13.4. The maximum atomic E-state index is 11.7. The zero-order valence-electron chi connectivity index (χ0n) is 9.99. The van der Waals surface area contributed by atoms with Gasteiger partial charge < -0.3 is 0 Å². The van der Waals surface area contributed by atoms with Crippen LogP contribution in [-0.2, 0) is 6.42 Å². The fourth-order valence-corrected chi connectivity index (χ4v) is 2.58. The molecule has 0 atom stereocenters. The second-order valence-electron chi connectivity index (χ2n) is 4.43. The van der Waals surface area contributed by atoms with E-state index in [1.54, 1.807) is 18.3 Å². The van der Waals surface area contributed by atoms with E-state index < -0.39 is 0 Å². The number of halogens is 2. The molecule has 0 saturated carbocycles. The van der Waals surface area contributed by atoms with Gasteiger partial charge in [-0.15, -0.1) is 0 Å². The Labute approximate surface area is 120 Å². The van der Waals surface area contributed by atoms with Crippen LogP contribution in [0.5, 0.6) is 0 Å². The number of benzene rings is 1. The van der Waals surface area contributed by atoms with E-state index in [-0.39, 0.29) is 5.78 Å². The van der Waals surface area contributed by atoms with Crippen molar-refractivity contribution in [2.75, 3.05) is 0 Å². The molecule has 19 heavy (non-hydrogen) atoms. The molecule has 0 unspecified atom stereocenters. The van der Waals surface area contributed by atoms with Crippen molar-refractivity contribution in [3.05, 3.63) is 45.7 Å². The zero-order valence-corrected chi connectivity index (χ0v) is 11.5. The molecule has 5 heteroatoms. The van der Waals surface area contributed by atoms with Crippen LogP contribution in [0.1, 0.15) is 28.9 Å². The van der Waals surface area contributed by atoms with Crippen LogP contribution in [0, 0.1) is 0 Å². The molecule has 2 aromatic rings. The summed E-state index contributed by atoms with van der Waals surface area (Å²) in [5, 5.41) is 0.905. The van der Waals surface area contributed by atoms with Gasteiger partial charge in [-0.25, -0.2) is 9.97 Å². The number of aryl methyl sites for hydroxylation is 1. The molecule has 0 spiro atoms. The summed E-state index contributed by atoms with van der Waals surface area (Å²) in [6.45, 7) is 0. The van der Waals surface area contributed by atoms with Crippen molar-refractivity contribution in [3.63, 3.8) is 0 Å². The molecule has 1 aliphatic rings. The van der Waals surface area contributed by atoms with Crippen molar-refractivity contribution in [2.45, 2.75) is 19.3 Å². The van der Waals surface area contributed by atoms with E-state index in [9.17, 15) is 4.79 Å². The molecule has 0 aliphatic heterocycles. The van der Waals surface area contributed by atoms with E-state index >= 15 is 0 Å². The highest BCUT2D eigenvalue weighted by Crippen LogP contribution is 2.32. The molecule has 3 nitrogen and oxygen atoms in total. The summed E-state index contributed by atoms with van der Waals surface area (Å²) in [7, 11) is 0. The van der Waals surface area contributed by atoms with Crippen LogP contribution in [-0.4, -0.2) is 15.8 Å². The minimum atomic E-state index is 0.116. The van der Waals surface area contributed by atoms with Crippen LogP contribution in [0.4, 0.5) is 0 Å². The highest BCUT2D eigenvalue weighted by atomic mass is 35.5. The van der Waals surface area contributed by atoms with Crippen molar-refractivity contribution in [2.24, 2.45) is 0 Å². The van der Waals surface area contributed by atoms with Crippen LogP contribution in [0.2, 0.25) is 10.0 Å². The number of hydrogen-bond acceptors (Lipinski definition) is 3. The molecule has 0 N–H and O–H groups in total. The van der Waals surface area contributed by atoms with E-state index in [2.05, 4.69) is 9.97 Å². The summed E-state index contributed by atoms with van der Waals surface area (Å²) in [4.78, 5) is 20.4. The van der Waals surface area contributed by atoms with Gasteiger partial charge in [0.2, 0.25) is 0 Å². The standard InChI is InChI=1S/C14H10Cl2N2O/c15-10-4-1-3-8(13(10)16)14-17-7-9-11(18-14)5-2-6-12(9)19/h1,3-4,7H,2,5-6H2. The van der Waals surface area contributed by atoms with Gasteiger partial charge in [-0.2, -0.15) is 0 Å². The van der Waals surface area contributed by atoms with Gasteiger partial charge in [0.25, 0.3) is 0 Å². The van der Waals surface area contributed by atoms with E-state index in [4.69, 9.17) is 23.2 Å². The molecular formula is C14H10Cl2N2O.